The van der Waals surface area contributed by atoms with Crippen LogP contribution in [0, 0.1) is 5.92 Å². The summed E-state index contributed by atoms with van der Waals surface area (Å²) in [6.45, 7) is 5.19. The molecule has 0 aromatic heterocycles. The van der Waals surface area contributed by atoms with E-state index in [1.54, 1.807) is 20.8 Å². The Morgan fingerprint density at radius 2 is 1.60 bits per heavy atom. The lowest BCUT2D eigenvalue weighted by atomic mass is 9.95. The first-order chi connectivity index (χ1) is 16.6. The molecular formula is C26H27ClN2O5S. The molecule has 2 N–H and O–H groups in total. The number of carbonyl (C=O) groups excluding carboxylic acids is 3. The summed E-state index contributed by atoms with van der Waals surface area (Å²) >= 11 is 7.37. The van der Waals surface area contributed by atoms with E-state index in [1.807, 2.05) is 60.7 Å². The van der Waals surface area contributed by atoms with Gasteiger partial charge in [-0.2, -0.15) is 0 Å². The van der Waals surface area contributed by atoms with E-state index in [0.717, 1.165) is 11.1 Å². The number of thioether (sulfide) groups is 1. The largest absolute Gasteiger partial charge is 0.459 e. The molecule has 1 amide bonds. The van der Waals surface area contributed by atoms with Gasteiger partial charge in [-0.05, 0) is 31.9 Å². The predicted octanol–water partition coefficient (Wildman–Crippen LogP) is 3.97. The lowest BCUT2D eigenvalue weighted by molar-refractivity contribution is -0.175. The molecule has 0 spiro atoms. The summed E-state index contributed by atoms with van der Waals surface area (Å²) in [5.41, 5.74) is 7.49. The van der Waals surface area contributed by atoms with E-state index in [-0.39, 0.29) is 11.6 Å². The Hall–Kier alpha value is -2.81. The number of esters is 2. The van der Waals surface area contributed by atoms with E-state index in [9.17, 15) is 14.4 Å². The van der Waals surface area contributed by atoms with Crippen LogP contribution in [0.1, 0.15) is 38.0 Å². The summed E-state index contributed by atoms with van der Waals surface area (Å²) in [4.78, 5) is 40.7. The number of rotatable bonds is 6. The van der Waals surface area contributed by atoms with E-state index < -0.39 is 46.2 Å². The molecule has 2 aromatic rings. The van der Waals surface area contributed by atoms with Gasteiger partial charge < -0.3 is 15.2 Å². The van der Waals surface area contributed by atoms with Gasteiger partial charge in [-0.25, -0.2) is 4.79 Å². The van der Waals surface area contributed by atoms with Crippen molar-refractivity contribution in [1.82, 2.24) is 4.90 Å². The minimum absolute atomic E-state index is 0.00193. The van der Waals surface area contributed by atoms with Gasteiger partial charge >= 0.3 is 11.9 Å². The van der Waals surface area contributed by atoms with Crippen LogP contribution >= 0.6 is 23.4 Å². The Morgan fingerprint density at radius 3 is 2.09 bits per heavy atom. The molecule has 1 fully saturated rings. The first-order valence-corrected chi connectivity index (χ1v) is 12.7. The second-order valence-electron chi connectivity index (χ2n) is 9.28. The van der Waals surface area contributed by atoms with Crippen LogP contribution in [0.5, 0.6) is 0 Å². The van der Waals surface area contributed by atoms with Gasteiger partial charge in [-0.15, -0.1) is 23.4 Å². The van der Waals surface area contributed by atoms with Gasteiger partial charge in [0.1, 0.15) is 16.7 Å². The van der Waals surface area contributed by atoms with Crippen LogP contribution in [-0.2, 0) is 23.9 Å². The number of alkyl halides is 1. The lowest BCUT2D eigenvalue weighted by Crippen LogP contribution is -2.66. The third-order valence-electron chi connectivity index (χ3n) is 5.65. The molecule has 2 aliphatic rings. The number of benzene rings is 2. The molecule has 35 heavy (non-hydrogen) atoms. The quantitative estimate of drug-likeness (QED) is 0.269. The molecule has 0 aliphatic carbocycles. The molecule has 7 nitrogen and oxygen atoms in total. The molecule has 2 heterocycles. The molecule has 3 atom stereocenters. The lowest BCUT2D eigenvalue weighted by Gasteiger charge is -2.50. The number of carbonyl (C=O) groups is 3. The normalized spacial score (nSPS) is 21.9. The molecule has 0 saturated carbocycles. The van der Waals surface area contributed by atoms with Crippen molar-refractivity contribution >= 4 is 41.2 Å². The highest BCUT2D eigenvalue weighted by atomic mass is 35.5. The van der Waals surface area contributed by atoms with Gasteiger partial charge in [0.25, 0.3) is 0 Å². The molecule has 9 heteroatoms. The average Bonchev–Trinajstić information content (AvgIpc) is 2.81. The Kier molecular flexibility index (Phi) is 7.26. The molecule has 2 aromatic carbocycles. The minimum atomic E-state index is -1.05. The van der Waals surface area contributed by atoms with E-state index in [2.05, 4.69) is 0 Å². The van der Waals surface area contributed by atoms with Gasteiger partial charge in [-0.3, -0.25) is 14.5 Å². The van der Waals surface area contributed by atoms with Crippen LogP contribution in [0.15, 0.2) is 71.9 Å². The number of hydrogen-bond donors (Lipinski definition) is 1. The number of halogens is 1. The van der Waals surface area contributed by atoms with Crippen molar-refractivity contribution in [1.29, 1.82) is 0 Å². The minimum Gasteiger partial charge on any atom is -0.459 e. The average molecular weight is 515 g/mol. The van der Waals surface area contributed by atoms with Gasteiger partial charge in [0.05, 0.1) is 5.37 Å². The van der Waals surface area contributed by atoms with E-state index in [0.29, 0.717) is 5.57 Å². The Labute approximate surface area is 213 Å². The summed E-state index contributed by atoms with van der Waals surface area (Å²) in [5.74, 6) is -3.02. The summed E-state index contributed by atoms with van der Waals surface area (Å²) in [6, 6.07) is 18.6. The third kappa shape index (κ3) is 5.10. The number of ether oxygens (including phenoxy) is 2. The van der Waals surface area contributed by atoms with Crippen LogP contribution in [0.4, 0.5) is 0 Å². The van der Waals surface area contributed by atoms with Crippen LogP contribution in [0.3, 0.4) is 0 Å². The van der Waals surface area contributed by atoms with Crippen molar-refractivity contribution in [3.05, 3.63) is 83.1 Å². The maximum atomic E-state index is 13.6. The van der Waals surface area contributed by atoms with Crippen molar-refractivity contribution in [2.24, 2.45) is 11.7 Å². The molecule has 2 aliphatic heterocycles. The number of nitrogens with zero attached hydrogens (tertiary/aromatic N) is 1. The second-order valence-corrected chi connectivity index (χ2v) is 10.8. The van der Waals surface area contributed by atoms with Gasteiger partial charge in [0.2, 0.25) is 5.91 Å². The molecule has 0 radical (unpaired) electrons. The van der Waals surface area contributed by atoms with Crippen LogP contribution < -0.4 is 5.73 Å². The molecule has 4 rings (SSSR count). The number of hydrogen-bond acceptors (Lipinski definition) is 7. The number of fused-ring (bicyclic) bond motifs is 1. The second kappa shape index (κ2) is 10.0. The molecule has 184 valence electrons. The van der Waals surface area contributed by atoms with E-state index in [1.165, 1.54) is 16.7 Å². The maximum Gasteiger partial charge on any atom is 0.356 e. The maximum absolute atomic E-state index is 13.6. The molecule has 1 saturated heterocycles. The molecule has 0 bridgehead atoms. The highest BCUT2D eigenvalue weighted by Crippen LogP contribution is 2.47. The van der Waals surface area contributed by atoms with Crippen molar-refractivity contribution in [2.75, 3.05) is 5.88 Å². The Bertz CT molecular complexity index is 1110. The monoisotopic (exact) mass is 514 g/mol. The highest BCUT2D eigenvalue weighted by molar-refractivity contribution is 8.00. The van der Waals surface area contributed by atoms with Crippen molar-refractivity contribution < 1.29 is 23.9 Å². The smallest absolute Gasteiger partial charge is 0.356 e. The van der Waals surface area contributed by atoms with Crippen molar-refractivity contribution in [3.8, 4) is 0 Å². The zero-order valence-corrected chi connectivity index (χ0v) is 21.2. The Balaban J connectivity index is 1.66. The topological polar surface area (TPSA) is 98.9 Å². The van der Waals surface area contributed by atoms with Gasteiger partial charge in [0.15, 0.2) is 12.0 Å². The fourth-order valence-electron chi connectivity index (χ4n) is 4.06. The van der Waals surface area contributed by atoms with E-state index in [4.69, 9.17) is 26.8 Å². The van der Waals surface area contributed by atoms with Crippen LogP contribution in [0.2, 0.25) is 0 Å². The molecular weight excluding hydrogens is 488 g/mol. The third-order valence-corrected chi connectivity index (χ3v) is 7.27. The van der Waals surface area contributed by atoms with Gasteiger partial charge in [-0.1, -0.05) is 60.7 Å². The summed E-state index contributed by atoms with van der Waals surface area (Å²) < 4.78 is 11.4. The summed E-state index contributed by atoms with van der Waals surface area (Å²) in [5, 5.41) is -1.35. The predicted molar refractivity (Wildman–Crippen MR) is 134 cm³/mol. The van der Waals surface area contributed by atoms with Crippen molar-refractivity contribution in [3.63, 3.8) is 0 Å². The molecule has 1 unspecified atom stereocenters. The standard InChI is InChI=1S/C26H27ClN2O5S/c1-26(2,3)34-24(31)18-22(30)29-19(17(14-27)21(28)35-23(18)29)25(32)33-20(15-10-6-4-7-11-15)16-12-8-5-9-13-16/h4-13,18,20-21,23H,14,28H2,1-3H3/t18-,21?,23-/m1/s1. The summed E-state index contributed by atoms with van der Waals surface area (Å²) in [7, 11) is 0. The summed E-state index contributed by atoms with van der Waals surface area (Å²) in [6.07, 6.45) is -0.712. The van der Waals surface area contributed by atoms with Crippen LogP contribution in [0.25, 0.3) is 0 Å². The zero-order chi connectivity index (χ0) is 25.3. The van der Waals surface area contributed by atoms with E-state index >= 15 is 0 Å². The fraction of sp³-hybridized carbons (Fsp3) is 0.346. The number of β-lactam (4-membered cyclic amide) rings is 1. The SMILES string of the molecule is CC(C)(C)OC(=O)[C@@H]1C(=O)N2C(C(=O)OC(c3ccccc3)c3ccccc3)=C(CCl)C(N)S[C@H]12. The zero-order valence-electron chi connectivity index (χ0n) is 19.6. The number of nitrogens with two attached hydrogens (primary N) is 1. The van der Waals surface area contributed by atoms with Crippen molar-refractivity contribution in [2.45, 2.75) is 43.2 Å². The number of amides is 1. The first-order valence-electron chi connectivity index (χ1n) is 11.2. The van der Waals surface area contributed by atoms with Crippen LogP contribution in [-0.4, -0.2) is 45.0 Å². The first kappa shape index (κ1) is 25.3. The fourth-order valence-corrected chi connectivity index (χ4v) is 5.82. The Morgan fingerprint density at radius 1 is 1.06 bits per heavy atom. The van der Waals surface area contributed by atoms with Gasteiger partial charge in [0, 0.05) is 11.5 Å². The highest BCUT2D eigenvalue weighted by Gasteiger charge is 2.59.